The van der Waals surface area contributed by atoms with Crippen molar-refractivity contribution in [2.75, 3.05) is 7.11 Å². The smallest absolute Gasteiger partial charge is 0.121 e. The molecular weight excluding hydrogens is 246 g/mol. The first-order valence-corrected chi connectivity index (χ1v) is 6.62. The first-order chi connectivity index (χ1) is 8.22. The summed E-state index contributed by atoms with van der Waals surface area (Å²) >= 11 is 0. The van der Waals surface area contributed by atoms with Crippen LogP contribution in [-0.4, -0.2) is 7.11 Å². The number of hydrogen-bond acceptors (Lipinski definition) is 2. The summed E-state index contributed by atoms with van der Waals surface area (Å²) in [7, 11) is 1.71. The molecule has 1 atom stereocenters. The maximum Gasteiger partial charge on any atom is 0.121 e. The van der Waals surface area contributed by atoms with E-state index < -0.39 is 0 Å². The largest absolute Gasteiger partial charge is 0.496 e. The number of rotatable bonds is 3. The van der Waals surface area contributed by atoms with Gasteiger partial charge in [0.05, 0.1) is 7.11 Å². The molecule has 1 aromatic rings. The average Bonchev–Trinajstić information content (AvgIpc) is 2.39. The van der Waals surface area contributed by atoms with Gasteiger partial charge in [0.2, 0.25) is 0 Å². The molecule has 1 fully saturated rings. The van der Waals surface area contributed by atoms with E-state index in [1.807, 2.05) is 6.07 Å². The van der Waals surface area contributed by atoms with Gasteiger partial charge in [-0.1, -0.05) is 31.4 Å². The molecule has 0 aromatic heterocycles. The molecule has 1 saturated carbocycles. The van der Waals surface area contributed by atoms with Gasteiger partial charge in [0.25, 0.3) is 0 Å². The average molecular weight is 270 g/mol. The molecule has 2 rings (SSSR count). The standard InChI is InChI=1S/C15H23NO.ClH/c1-11-10-13(8-9-14(11)17-2)15(16)12-6-4-3-5-7-12;/h8-10,12,15H,3-7,16H2,1-2H3;1H/t15-;/m0./s1. The van der Waals surface area contributed by atoms with Crippen LogP contribution >= 0.6 is 12.4 Å². The molecule has 0 amide bonds. The summed E-state index contributed by atoms with van der Waals surface area (Å²) in [4.78, 5) is 0. The lowest BCUT2D eigenvalue weighted by Gasteiger charge is -2.28. The van der Waals surface area contributed by atoms with E-state index in [1.54, 1.807) is 7.11 Å². The molecule has 2 N–H and O–H groups in total. The minimum Gasteiger partial charge on any atom is -0.496 e. The van der Waals surface area contributed by atoms with Crippen molar-refractivity contribution in [2.45, 2.75) is 45.1 Å². The Labute approximate surface area is 116 Å². The quantitative estimate of drug-likeness (QED) is 0.900. The minimum absolute atomic E-state index is 0. The molecule has 1 aliphatic rings. The minimum atomic E-state index is 0. The van der Waals surface area contributed by atoms with Crippen LogP contribution in [0.2, 0.25) is 0 Å². The molecule has 0 unspecified atom stereocenters. The Kier molecular flexibility index (Phi) is 5.97. The van der Waals surface area contributed by atoms with Gasteiger partial charge in [0, 0.05) is 6.04 Å². The Balaban J connectivity index is 0.00000162. The molecular formula is C15H24ClNO. The zero-order valence-corrected chi connectivity index (χ0v) is 12.1. The Morgan fingerprint density at radius 2 is 1.89 bits per heavy atom. The fraction of sp³-hybridized carbons (Fsp3) is 0.600. The number of methoxy groups -OCH3 is 1. The van der Waals surface area contributed by atoms with Crippen LogP contribution in [0.5, 0.6) is 5.75 Å². The van der Waals surface area contributed by atoms with E-state index in [2.05, 4.69) is 19.1 Å². The van der Waals surface area contributed by atoms with Crippen molar-refractivity contribution in [3.63, 3.8) is 0 Å². The van der Waals surface area contributed by atoms with Crippen LogP contribution in [0.4, 0.5) is 0 Å². The lowest BCUT2D eigenvalue weighted by atomic mass is 9.81. The van der Waals surface area contributed by atoms with Crippen LogP contribution in [-0.2, 0) is 0 Å². The van der Waals surface area contributed by atoms with Gasteiger partial charge in [-0.25, -0.2) is 0 Å². The van der Waals surface area contributed by atoms with Crippen molar-refractivity contribution in [3.8, 4) is 5.75 Å². The Morgan fingerprint density at radius 3 is 2.44 bits per heavy atom. The number of benzene rings is 1. The molecule has 0 bridgehead atoms. The first kappa shape index (κ1) is 15.3. The zero-order valence-electron chi connectivity index (χ0n) is 11.3. The SMILES string of the molecule is COc1ccc([C@@H](N)C2CCCCC2)cc1C.Cl. The predicted molar refractivity (Wildman–Crippen MR) is 78.5 cm³/mol. The van der Waals surface area contributed by atoms with Crippen LogP contribution in [0.3, 0.4) is 0 Å². The maximum absolute atomic E-state index is 6.39. The van der Waals surface area contributed by atoms with Gasteiger partial charge in [-0.05, 0) is 42.9 Å². The molecule has 0 radical (unpaired) electrons. The Hall–Kier alpha value is -0.730. The van der Waals surface area contributed by atoms with Crippen LogP contribution in [0.15, 0.2) is 18.2 Å². The van der Waals surface area contributed by atoms with Gasteiger partial charge < -0.3 is 10.5 Å². The van der Waals surface area contributed by atoms with E-state index in [-0.39, 0.29) is 18.4 Å². The summed E-state index contributed by atoms with van der Waals surface area (Å²) in [6.07, 6.45) is 6.63. The molecule has 1 aliphatic carbocycles. The normalized spacial score (nSPS) is 17.9. The topological polar surface area (TPSA) is 35.2 Å². The summed E-state index contributed by atoms with van der Waals surface area (Å²) in [5, 5.41) is 0. The second-order valence-electron chi connectivity index (χ2n) is 5.15. The summed E-state index contributed by atoms with van der Waals surface area (Å²) in [6.45, 7) is 2.08. The molecule has 0 saturated heterocycles. The van der Waals surface area contributed by atoms with E-state index in [0.717, 1.165) is 5.75 Å². The third kappa shape index (κ3) is 3.39. The van der Waals surface area contributed by atoms with Crippen molar-refractivity contribution in [1.82, 2.24) is 0 Å². The molecule has 3 heteroatoms. The highest BCUT2D eigenvalue weighted by Crippen LogP contribution is 2.34. The van der Waals surface area contributed by atoms with Gasteiger partial charge in [-0.2, -0.15) is 0 Å². The summed E-state index contributed by atoms with van der Waals surface area (Å²) in [5.74, 6) is 1.61. The Bertz CT molecular complexity index is 375. The van der Waals surface area contributed by atoms with E-state index in [9.17, 15) is 0 Å². The highest BCUT2D eigenvalue weighted by atomic mass is 35.5. The number of aryl methyl sites for hydroxylation is 1. The van der Waals surface area contributed by atoms with Crippen molar-refractivity contribution < 1.29 is 4.74 Å². The van der Waals surface area contributed by atoms with Crippen LogP contribution in [0.25, 0.3) is 0 Å². The third-order valence-corrected chi connectivity index (χ3v) is 3.96. The van der Waals surface area contributed by atoms with Gasteiger partial charge in [-0.15, -0.1) is 12.4 Å². The van der Waals surface area contributed by atoms with Crippen molar-refractivity contribution in [1.29, 1.82) is 0 Å². The van der Waals surface area contributed by atoms with Gasteiger partial charge in [0.15, 0.2) is 0 Å². The highest BCUT2D eigenvalue weighted by molar-refractivity contribution is 5.85. The number of ether oxygens (including phenoxy) is 1. The van der Waals surface area contributed by atoms with Gasteiger partial charge in [-0.3, -0.25) is 0 Å². The molecule has 0 heterocycles. The molecule has 0 aliphatic heterocycles. The first-order valence-electron chi connectivity index (χ1n) is 6.62. The van der Waals surface area contributed by atoms with Gasteiger partial charge in [0.1, 0.15) is 5.75 Å². The zero-order chi connectivity index (χ0) is 12.3. The van der Waals surface area contributed by atoms with Crippen molar-refractivity contribution in [2.24, 2.45) is 11.7 Å². The Morgan fingerprint density at radius 1 is 1.22 bits per heavy atom. The second-order valence-corrected chi connectivity index (χ2v) is 5.15. The summed E-state index contributed by atoms with van der Waals surface area (Å²) < 4.78 is 5.28. The predicted octanol–water partition coefficient (Wildman–Crippen LogP) is 4.01. The lowest BCUT2D eigenvalue weighted by Crippen LogP contribution is -2.23. The molecule has 1 aromatic carbocycles. The van der Waals surface area contributed by atoms with E-state index in [0.29, 0.717) is 5.92 Å². The number of halogens is 1. The molecule has 102 valence electrons. The molecule has 2 nitrogen and oxygen atoms in total. The number of nitrogens with two attached hydrogens (primary N) is 1. The highest BCUT2D eigenvalue weighted by Gasteiger charge is 2.22. The van der Waals surface area contributed by atoms with E-state index >= 15 is 0 Å². The lowest BCUT2D eigenvalue weighted by molar-refractivity contribution is 0.308. The summed E-state index contributed by atoms with van der Waals surface area (Å²) in [6, 6.07) is 6.52. The second kappa shape index (κ2) is 7.01. The third-order valence-electron chi connectivity index (χ3n) is 3.96. The monoisotopic (exact) mass is 269 g/mol. The maximum atomic E-state index is 6.39. The van der Waals surface area contributed by atoms with Crippen molar-refractivity contribution >= 4 is 12.4 Å². The molecule has 18 heavy (non-hydrogen) atoms. The summed E-state index contributed by atoms with van der Waals surface area (Å²) in [5.41, 5.74) is 8.83. The number of hydrogen-bond donors (Lipinski definition) is 1. The van der Waals surface area contributed by atoms with Crippen LogP contribution < -0.4 is 10.5 Å². The fourth-order valence-corrected chi connectivity index (χ4v) is 2.87. The molecule has 0 spiro atoms. The van der Waals surface area contributed by atoms with Gasteiger partial charge >= 0.3 is 0 Å². The van der Waals surface area contributed by atoms with Crippen LogP contribution in [0.1, 0.15) is 49.3 Å². The van der Waals surface area contributed by atoms with E-state index in [4.69, 9.17) is 10.5 Å². The van der Waals surface area contributed by atoms with E-state index in [1.165, 1.54) is 43.2 Å². The fourth-order valence-electron chi connectivity index (χ4n) is 2.87. The van der Waals surface area contributed by atoms with Crippen molar-refractivity contribution in [3.05, 3.63) is 29.3 Å². The van der Waals surface area contributed by atoms with Crippen LogP contribution in [0, 0.1) is 12.8 Å².